The van der Waals surface area contributed by atoms with Gasteiger partial charge in [0.15, 0.2) is 0 Å². The van der Waals surface area contributed by atoms with Crippen molar-refractivity contribution in [2.75, 3.05) is 0 Å². The average molecular weight is 537 g/mol. The van der Waals surface area contributed by atoms with Gasteiger partial charge in [-0.1, -0.05) is 23.2 Å². The summed E-state index contributed by atoms with van der Waals surface area (Å²) in [6, 6.07) is 7.76. The molecule has 1 heterocycles. The molecule has 0 aliphatic carbocycles. The highest BCUT2D eigenvalue weighted by molar-refractivity contribution is 9.10. The summed E-state index contributed by atoms with van der Waals surface area (Å²) in [4.78, 5) is 13.7. The van der Waals surface area contributed by atoms with Crippen LogP contribution in [-0.2, 0) is 6.54 Å². The van der Waals surface area contributed by atoms with Crippen LogP contribution < -0.4 is 10.1 Å². The predicted octanol–water partition coefficient (Wildman–Crippen LogP) is 5.11. The van der Waals surface area contributed by atoms with Crippen molar-refractivity contribution >= 4 is 56.1 Å². The molecule has 1 unspecified atom stereocenters. The van der Waals surface area contributed by atoms with Crippen LogP contribution in [0, 0.1) is 11.3 Å². The van der Waals surface area contributed by atoms with Crippen LogP contribution in [-0.4, -0.2) is 32.8 Å². The number of hydrogen-bond acceptors (Lipinski definition) is 5. The second kappa shape index (κ2) is 8.53. The lowest BCUT2D eigenvalue weighted by Gasteiger charge is -2.22. The van der Waals surface area contributed by atoms with Crippen molar-refractivity contribution in [1.82, 2.24) is 20.3 Å². The van der Waals surface area contributed by atoms with Crippen LogP contribution in [0.15, 0.2) is 34.8 Å². The fourth-order valence-electron chi connectivity index (χ4n) is 2.60. The molecule has 3 aromatic rings. The van der Waals surface area contributed by atoms with Crippen molar-refractivity contribution in [3.63, 3.8) is 0 Å². The van der Waals surface area contributed by atoms with Crippen LogP contribution in [0.4, 0.5) is 13.2 Å². The van der Waals surface area contributed by atoms with Gasteiger partial charge in [0.05, 0.1) is 27.1 Å². The number of aromatic nitrogens is 3. The molecule has 0 saturated heterocycles. The number of fused-ring (bicyclic) bond motifs is 1. The number of rotatable bonds is 5. The van der Waals surface area contributed by atoms with Crippen LogP contribution in [0.3, 0.4) is 0 Å². The Balaban J connectivity index is 1.79. The number of hydrogen-bond donors (Lipinski definition) is 1. The number of carbonyl (C=O) groups is 1. The molecule has 1 atom stereocenters. The van der Waals surface area contributed by atoms with Crippen LogP contribution in [0.5, 0.6) is 5.75 Å². The third-order valence-electron chi connectivity index (χ3n) is 4.00. The van der Waals surface area contributed by atoms with Gasteiger partial charge in [0.25, 0.3) is 5.91 Å². The van der Waals surface area contributed by atoms with Gasteiger partial charge < -0.3 is 10.1 Å². The molecule has 0 spiro atoms. The van der Waals surface area contributed by atoms with Gasteiger partial charge in [-0.3, -0.25) is 4.79 Å². The molecule has 0 radical (unpaired) electrons. The van der Waals surface area contributed by atoms with Gasteiger partial charge >= 0.3 is 6.36 Å². The first-order valence-corrected chi connectivity index (χ1v) is 9.93. The highest BCUT2D eigenvalue weighted by Gasteiger charge is 2.32. The first kappa shape index (κ1) is 23.1. The molecule has 2 aromatic carbocycles. The lowest BCUT2D eigenvalue weighted by Crippen LogP contribution is -2.48. The van der Waals surface area contributed by atoms with Crippen LogP contribution >= 0.6 is 39.1 Å². The minimum atomic E-state index is -4.84. The summed E-state index contributed by atoms with van der Waals surface area (Å²) in [6.07, 6.45) is -4.84. The van der Waals surface area contributed by atoms with E-state index in [0.29, 0.717) is 20.5 Å². The first-order chi connectivity index (χ1) is 14.4. The molecule has 13 heteroatoms. The number of nitriles is 1. The molecule has 3 rings (SSSR count). The van der Waals surface area contributed by atoms with Crippen LogP contribution in [0.1, 0.15) is 17.3 Å². The van der Waals surface area contributed by atoms with E-state index in [1.54, 1.807) is 0 Å². The number of halogens is 6. The summed E-state index contributed by atoms with van der Waals surface area (Å²) >= 11 is 15.5. The van der Waals surface area contributed by atoms with Crippen molar-refractivity contribution in [1.29, 1.82) is 5.26 Å². The first-order valence-electron chi connectivity index (χ1n) is 8.39. The van der Waals surface area contributed by atoms with Gasteiger partial charge in [-0.25, -0.2) is 0 Å². The zero-order valence-electron chi connectivity index (χ0n) is 15.5. The number of alkyl halides is 3. The van der Waals surface area contributed by atoms with Crippen molar-refractivity contribution in [3.8, 4) is 11.8 Å². The maximum atomic E-state index is 12.5. The molecular weight excluding hydrogens is 526 g/mol. The highest BCUT2D eigenvalue weighted by Crippen LogP contribution is 2.34. The normalized spacial score (nSPS) is 13.5. The second-order valence-corrected chi connectivity index (χ2v) is 8.16. The molecule has 0 bridgehead atoms. The lowest BCUT2D eigenvalue weighted by atomic mass is 10.0. The summed E-state index contributed by atoms with van der Waals surface area (Å²) in [7, 11) is 0. The molecule has 0 saturated carbocycles. The van der Waals surface area contributed by atoms with Crippen molar-refractivity contribution < 1.29 is 22.7 Å². The summed E-state index contributed by atoms with van der Waals surface area (Å²) < 4.78 is 41.0. The highest BCUT2D eigenvalue weighted by atomic mass is 79.9. The Bertz CT molecular complexity index is 1190. The van der Waals surface area contributed by atoms with Gasteiger partial charge in [-0.15, -0.1) is 13.2 Å². The van der Waals surface area contributed by atoms with Crippen molar-refractivity contribution in [3.05, 3.63) is 50.4 Å². The smallest absolute Gasteiger partial charge is 0.406 e. The van der Waals surface area contributed by atoms with Gasteiger partial charge in [-0.2, -0.15) is 20.3 Å². The van der Waals surface area contributed by atoms with E-state index in [1.807, 2.05) is 6.07 Å². The molecule has 0 fully saturated rings. The summed E-state index contributed by atoms with van der Waals surface area (Å²) in [6.45, 7) is 1.31. The predicted molar refractivity (Wildman–Crippen MR) is 110 cm³/mol. The third-order valence-corrected chi connectivity index (χ3v) is 5.61. The SMILES string of the molecule is CC(C#N)(Cn1nc2c(Cl)cc(Cl)c(Br)c2n1)NC(=O)c1ccc(OC(F)(F)F)cc1. The Morgan fingerprint density at radius 1 is 1.23 bits per heavy atom. The van der Waals surface area contributed by atoms with E-state index < -0.39 is 23.6 Å². The monoisotopic (exact) mass is 535 g/mol. The molecule has 1 amide bonds. The van der Waals surface area contributed by atoms with Gasteiger partial charge in [0, 0.05) is 5.56 Å². The van der Waals surface area contributed by atoms with E-state index in [1.165, 1.54) is 17.8 Å². The maximum absolute atomic E-state index is 12.5. The second-order valence-electron chi connectivity index (χ2n) is 6.55. The quantitative estimate of drug-likeness (QED) is 0.457. The minimum absolute atomic E-state index is 0.0344. The molecule has 7 nitrogen and oxygen atoms in total. The van der Waals surface area contributed by atoms with Crippen LogP contribution in [0.2, 0.25) is 10.0 Å². The topological polar surface area (TPSA) is 92.8 Å². The van der Waals surface area contributed by atoms with E-state index in [9.17, 15) is 23.2 Å². The summed E-state index contributed by atoms with van der Waals surface area (Å²) in [5.74, 6) is -1.15. The minimum Gasteiger partial charge on any atom is -0.406 e. The molecule has 1 aromatic heterocycles. The van der Waals surface area contributed by atoms with E-state index in [0.717, 1.165) is 24.3 Å². The fourth-order valence-corrected chi connectivity index (χ4v) is 3.47. The average Bonchev–Trinajstić information content (AvgIpc) is 3.09. The molecule has 1 N–H and O–H groups in total. The van der Waals surface area contributed by atoms with Crippen molar-refractivity contribution in [2.45, 2.75) is 25.4 Å². The molecular formula is C18H11BrCl2F3N5O2. The maximum Gasteiger partial charge on any atom is 0.573 e. The van der Waals surface area contributed by atoms with E-state index in [2.05, 4.69) is 36.2 Å². The number of nitrogens with zero attached hydrogens (tertiary/aromatic N) is 4. The number of amides is 1. The van der Waals surface area contributed by atoms with E-state index >= 15 is 0 Å². The molecule has 0 aliphatic rings. The Kier molecular flexibility index (Phi) is 6.36. The molecule has 31 heavy (non-hydrogen) atoms. The summed E-state index contributed by atoms with van der Waals surface area (Å²) in [5, 5.41) is 21.2. The number of benzene rings is 2. The fraction of sp³-hybridized carbons (Fsp3) is 0.222. The van der Waals surface area contributed by atoms with Crippen LogP contribution in [0.25, 0.3) is 11.0 Å². The lowest BCUT2D eigenvalue weighted by molar-refractivity contribution is -0.274. The third kappa shape index (κ3) is 5.39. The van der Waals surface area contributed by atoms with Gasteiger partial charge in [0.1, 0.15) is 22.3 Å². The zero-order chi connectivity index (χ0) is 23.0. The van der Waals surface area contributed by atoms with E-state index in [4.69, 9.17) is 23.2 Å². The zero-order valence-corrected chi connectivity index (χ0v) is 18.6. The van der Waals surface area contributed by atoms with E-state index in [-0.39, 0.29) is 17.1 Å². The Labute approximate surface area is 191 Å². The Morgan fingerprint density at radius 3 is 2.42 bits per heavy atom. The summed E-state index contributed by atoms with van der Waals surface area (Å²) in [5.41, 5.74) is -0.683. The Hall–Kier alpha value is -2.55. The molecule has 0 aliphatic heterocycles. The van der Waals surface area contributed by atoms with Gasteiger partial charge in [0.2, 0.25) is 0 Å². The largest absolute Gasteiger partial charge is 0.573 e. The van der Waals surface area contributed by atoms with Gasteiger partial charge in [-0.05, 0) is 53.2 Å². The number of carbonyl (C=O) groups excluding carboxylic acids is 1. The number of ether oxygens (including phenoxy) is 1. The molecule has 162 valence electrons. The number of nitrogens with one attached hydrogen (secondary N) is 1. The van der Waals surface area contributed by atoms with Crippen molar-refractivity contribution in [2.24, 2.45) is 0 Å². The standard InChI is InChI=1S/C18H11BrCl2F3N5O2/c1-17(7-25,8-29-27-14-12(21)6-11(20)13(19)15(14)28-29)26-16(30)9-2-4-10(5-3-9)31-18(22,23)24/h2-6H,8H2,1H3,(H,26,30). The Morgan fingerprint density at radius 2 is 1.84 bits per heavy atom.